The van der Waals surface area contributed by atoms with E-state index >= 15 is 0 Å². The zero-order valence-corrected chi connectivity index (χ0v) is 3.44. The van der Waals surface area contributed by atoms with Crippen molar-refractivity contribution in [2.24, 2.45) is 10.7 Å². The lowest BCUT2D eigenvalue weighted by molar-refractivity contribution is 0.0567. The van der Waals surface area contributed by atoms with E-state index in [0.29, 0.717) is 0 Å². The van der Waals surface area contributed by atoms with Gasteiger partial charge in [-0.1, -0.05) is 0 Å². The van der Waals surface area contributed by atoms with Gasteiger partial charge in [0.05, 0.1) is 0 Å². The van der Waals surface area contributed by atoms with Crippen molar-refractivity contribution in [3.63, 3.8) is 0 Å². The van der Waals surface area contributed by atoms with Crippen LogP contribution in [0.2, 0.25) is 0 Å². The van der Waals surface area contributed by atoms with Gasteiger partial charge in [-0.2, -0.15) is 4.79 Å². The molecule has 0 rings (SSSR count). The quantitative estimate of drug-likeness (QED) is 0.390. The summed E-state index contributed by atoms with van der Waals surface area (Å²) < 4.78 is 0. The standard InChI is InChI=1S/CN2O5/c4-1(7-2-5)8-3-6. The lowest BCUT2D eigenvalue weighted by Gasteiger charge is -1.81. The van der Waals surface area contributed by atoms with Crippen LogP contribution in [-0.4, -0.2) is 6.16 Å². The lowest BCUT2D eigenvalue weighted by Crippen LogP contribution is -1.96. The molecule has 0 spiro atoms. The second kappa shape index (κ2) is 3.65. The highest BCUT2D eigenvalue weighted by Gasteiger charge is 2.02. The highest BCUT2D eigenvalue weighted by molar-refractivity contribution is 5.59. The summed E-state index contributed by atoms with van der Waals surface area (Å²) in [6.07, 6.45) is -1.55. The number of rotatable bonds is 2. The second-order valence-corrected chi connectivity index (χ2v) is 0.582. The number of hydrogen-bond acceptors (Lipinski definition) is 7. The van der Waals surface area contributed by atoms with Crippen molar-refractivity contribution >= 4 is 6.16 Å². The van der Waals surface area contributed by atoms with Crippen LogP contribution in [0.4, 0.5) is 4.79 Å². The van der Waals surface area contributed by atoms with Gasteiger partial charge in [-0.3, -0.25) is 0 Å². The molecule has 0 saturated carbocycles. The predicted octanol–water partition coefficient (Wildman–Crippen LogP) is 0.502. The fourth-order valence-electron chi connectivity index (χ4n) is 0.0775. The first-order chi connectivity index (χ1) is 3.81. The van der Waals surface area contributed by atoms with E-state index in [-0.39, 0.29) is 0 Å². The molecule has 0 amide bonds. The van der Waals surface area contributed by atoms with E-state index in [4.69, 9.17) is 9.81 Å². The average molecular weight is 120 g/mol. The van der Waals surface area contributed by atoms with Gasteiger partial charge in [-0.05, 0) is 0 Å². The molecule has 0 fully saturated rings. The van der Waals surface area contributed by atoms with E-state index < -0.39 is 6.16 Å². The molecule has 8 heavy (non-hydrogen) atoms. The molecule has 0 saturated heterocycles. The Labute approximate surface area is 42.4 Å². The average Bonchev–Trinajstić information content (AvgIpc) is 1.68. The van der Waals surface area contributed by atoms with Gasteiger partial charge in [0.15, 0.2) is 10.7 Å². The van der Waals surface area contributed by atoms with Crippen molar-refractivity contribution in [3.05, 3.63) is 9.81 Å². The van der Waals surface area contributed by atoms with Crippen molar-refractivity contribution in [2.45, 2.75) is 0 Å². The SMILES string of the molecule is O=NOC(=O)ON=O. The number of carbonyl (C=O) groups is 1. The van der Waals surface area contributed by atoms with Crippen molar-refractivity contribution in [2.75, 3.05) is 0 Å². The summed E-state index contributed by atoms with van der Waals surface area (Å²) in [5, 5.41) is 3.26. The van der Waals surface area contributed by atoms with Gasteiger partial charge < -0.3 is 0 Å². The Bertz CT molecular complexity index is 97.0. The first-order valence-electron chi connectivity index (χ1n) is 1.34. The number of hydrogen-bond donors (Lipinski definition) is 0. The minimum absolute atomic E-state index is 1.55. The Balaban J connectivity index is 3.32. The van der Waals surface area contributed by atoms with Gasteiger partial charge in [0.25, 0.3) is 0 Å². The first-order valence-corrected chi connectivity index (χ1v) is 1.34. The minimum atomic E-state index is -1.55. The van der Waals surface area contributed by atoms with Crippen LogP contribution in [0.3, 0.4) is 0 Å². The maximum absolute atomic E-state index is 9.61. The molecular weight excluding hydrogens is 120 g/mol. The summed E-state index contributed by atoms with van der Waals surface area (Å²) >= 11 is 0. The fraction of sp³-hybridized carbons (Fsp3) is 0. The summed E-state index contributed by atoms with van der Waals surface area (Å²) in [6, 6.07) is 0. The van der Waals surface area contributed by atoms with Crippen LogP contribution in [0.5, 0.6) is 0 Å². The Hall–Kier alpha value is -1.53. The predicted molar refractivity (Wildman–Crippen MR) is 19.2 cm³/mol. The van der Waals surface area contributed by atoms with Crippen LogP contribution >= 0.6 is 0 Å². The highest BCUT2D eigenvalue weighted by Crippen LogP contribution is 1.83. The van der Waals surface area contributed by atoms with Crippen molar-refractivity contribution in [1.29, 1.82) is 0 Å². The van der Waals surface area contributed by atoms with E-state index in [0.717, 1.165) is 0 Å². The third-order valence-electron chi connectivity index (χ3n) is 0.224. The van der Waals surface area contributed by atoms with Gasteiger partial charge in [-0.15, -0.1) is 9.81 Å². The van der Waals surface area contributed by atoms with Gasteiger partial charge >= 0.3 is 6.16 Å². The molecule has 0 aliphatic heterocycles. The molecule has 0 bridgehead atoms. The van der Waals surface area contributed by atoms with Gasteiger partial charge in [0, 0.05) is 0 Å². The Kier molecular flexibility index (Phi) is 2.95. The van der Waals surface area contributed by atoms with Crippen LogP contribution in [0.1, 0.15) is 0 Å². The molecule has 0 aliphatic rings. The highest BCUT2D eigenvalue weighted by atomic mass is 16.9. The van der Waals surface area contributed by atoms with E-state index in [1.165, 1.54) is 0 Å². The van der Waals surface area contributed by atoms with Gasteiger partial charge in [0.2, 0.25) is 0 Å². The van der Waals surface area contributed by atoms with Crippen molar-refractivity contribution in [3.8, 4) is 0 Å². The molecule has 0 N–H and O–H groups in total. The van der Waals surface area contributed by atoms with E-state index in [2.05, 4.69) is 9.68 Å². The molecule has 0 aliphatic carbocycles. The first kappa shape index (κ1) is 6.47. The molecule has 7 nitrogen and oxygen atoms in total. The summed E-state index contributed by atoms with van der Waals surface area (Å²) in [5.74, 6) is 0. The van der Waals surface area contributed by atoms with Crippen LogP contribution in [0.25, 0.3) is 0 Å². The molecule has 0 aromatic carbocycles. The molecule has 0 aromatic heterocycles. The topological polar surface area (TPSA) is 94.4 Å². The molecule has 0 atom stereocenters. The zero-order chi connectivity index (χ0) is 6.41. The Morgan fingerprint density at radius 2 is 1.50 bits per heavy atom. The lowest BCUT2D eigenvalue weighted by atomic mass is 11.4. The van der Waals surface area contributed by atoms with Gasteiger partial charge in [0.1, 0.15) is 0 Å². The molecular formula is CN2O5. The third-order valence-corrected chi connectivity index (χ3v) is 0.224. The monoisotopic (exact) mass is 120 g/mol. The molecule has 0 radical (unpaired) electrons. The van der Waals surface area contributed by atoms with Crippen molar-refractivity contribution in [1.82, 2.24) is 0 Å². The molecule has 0 aromatic rings. The van der Waals surface area contributed by atoms with Crippen molar-refractivity contribution < 1.29 is 14.5 Å². The molecule has 0 unspecified atom stereocenters. The third kappa shape index (κ3) is 2.69. The van der Waals surface area contributed by atoms with Crippen LogP contribution in [0.15, 0.2) is 10.7 Å². The van der Waals surface area contributed by atoms with Crippen LogP contribution < -0.4 is 0 Å². The van der Waals surface area contributed by atoms with E-state index in [1.54, 1.807) is 10.7 Å². The fourth-order valence-corrected chi connectivity index (χ4v) is 0.0775. The molecule has 7 heteroatoms. The smallest absolute Gasteiger partial charge is 0.245 e. The largest absolute Gasteiger partial charge is 0.567 e. The Morgan fingerprint density at radius 3 is 1.75 bits per heavy atom. The summed E-state index contributed by atoms with van der Waals surface area (Å²) in [6.45, 7) is 0. The maximum Gasteiger partial charge on any atom is 0.567 e. The molecule has 0 heterocycles. The zero-order valence-electron chi connectivity index (χ0n) is 3.44. The van der Waals surface area contributed by atoms with E-state index in [1.807, 2.05) is 0 Å². The van der Waals surface area contributed by atoms with Crippen LogP contribution in [0, 0.1) is 9.81 Å². The summed E-state index contributed by atoms with van der Waals surface area (Å²) in [5.41, 5.74) is 0. The maximum atomic E-state index is 9.61. The van der Waals surface area contributed by atoms with Crippen LogP contribution in [-0.2, 0) is 9.68 Å². The number of nitrogens with zero attached hydrogens (tertiary/aromatic N) is 2. The normalized spacial score (nSPS) is 7.00. The summed E-state index contributed by atoms with van der Waals surface area (Å²) in [4.78, 5) is 34.0. The minimum Gasteiger partial charge on any atom is -0.245 e. The van der Waals surface area contributed by atoms with E-state index in [9.17, 15) is 4.79 Å². The Morgan fingerprint density at radius 1 is 1.12 bits per heavy atom. The second-order valence-electron chi connectivity index (χ2n) is 0.582. The molecule has 44 valence electrons. The number of carbonyl (C=O) groups excluding carboxylic acids is 1. The summed E-state index contributed by atoms with van der Waals surface area (Å²) in [7, 11) is 0. The van der Waals surface area contributed by atoms with Gasteiger partial charge in [-0.25, -0.2) is 9.68 Å².